The molecule has 0 amide bonds. The smallest absolute Gasteiger partial charge is 0.307 e. The Kier molecular flexibility index (Phi) is 3.59. The molecule has 0 aromatic heterocycles. The number of carbonyl (C=O) groups is 1. The molecule has 0 atom stereocenters. The third-order valence-electron chi connectivity index (χ3n) is 1.41. The topological polar surface area (TPSA) is 37.3 Å². The van der Waals surface area contributed by atoms with Crippen molar-refractivity contribution in [2.24, 2.45) is 0 Å². The molecule has 0 aliphatic carbocycles. The zero-order chi connectivity index (χ0) is 10.0. The summed E-state index contributed by atoms with van der Waals surface area (Å²) in [5.74, 6) is -0.918. The molecule has 5 heteroatoms. The number of hydrogen-bond donors (Lipinski definition) is 1. The molecule has 13 heavy (non-hydrogen) atoms. The number of carboxylic acids is 1. The van der Waals surface area contributed by atoms with Crippen molar-refractivity contribution < 1.29 is 9.90 Å². The minimum Gasteiger partial charge on any atom is -0.481 e. The van der Waals surface area contributed by atoms with Crippen LogP contribution >= 0.6 is 39.1 Å². The van der Waals surface area contributed by atoms with Crippen LogP contribution in [-0.2, 0) is 11.2 Å². The van der Waals surface area contributed by atoms with Gasteiger partial charge in [0.2, 0.25) is 0 Å². The second-order valence-corrected chi connectivity index (χ2v) is 4.07. The SMILES string of the molecule is O=C(O)Cc1cc(Cl)cc(Cl)c1Br. The minimum atomic E-state index is -0.918. The largest absolute Gasteiger partial charge is 0.481 e. The molecule has 70 valence electrons. The average Bonchev–Trinajstić information content (AvgIpc) is 1.98. The Morgan fingerprint density at radius 1 is 1.46 bits per heavy atom. The van der Waals surface area contributed by atoms with Gasteiger partial charge in [-0.2, -0.15) is 0 Å². The molecule has 1 aromatic carbocycles. The minimum absolute atomic E-state index is 0.0964. The van der Waals surface area contributed by atoms with E-state index in [0.717, 1.165) is 0 Å². The third kappa shape index (κ3) is 2.86. The first-order valence-corrected chi connectivity index (χ1v) is 4.91. The Balaban J connectivity index is 3.12. The van der Waals surface area contributed by atoms with Crippen molar-refractivity contribution >= 4 is 45.1 Å². The van der Waals surface area contributed by atoms with Gasteiger partial charge in [0.25, 0.3) is 0 Å². The van der Waals surface area contributed by atoms with E-state index in [4.69, 9.17) is 28.3 Å². The molecule has 0 aliphatic rings. The van der Waals surface area contributed by atoms with Crippen LogP contribution in [0, 0.1) is 0 Å². The summed E-state index contributed by atoms with van der Waals surface area (Å²) < 4.78 is 0.584. The Bertz CT molecular complexity index is 352. The van der Waals surface area contributed by atoms with E-state index in [9.17, 15) is 4.79 Å². The van der Waals surface area contributed by atoms with E-state index in [1.807, 2.05) is 0 Å². The predicted octanol–water partition coefficient (Wildman–Crippen LogP) is 3.38. The van der Waals surface area contributed by atoms with Crippen LogP contribution in [0.1, 0.15) is 5.56 Å². The molecule has 0 fully saturated rings. The normalized spacial score (nSPS) is 10.1. The lowest BCUT2D eigenvalue weighted by molar-refractivity contribution is -0.136. The Hall–Kier alpha value is -0.250. The number of rotatable bonds is 2. The van der Waals surface area contributed by atoms with E-state index in [1.165, 1.54) is 0 Å². The molecule has 2 nitrogen and oxygen atoms in total. The standard InChI is InChI=1S/C8H5BrCl2O2/c9-8-4(2-7(12)13)1-5(10)3-6(8)11/h1,3H,2H2,(H,12,13). The van der Waals surface area contributed by atoms with Crippen LogP contribution in [0.15, 0.2) is 16.6 Å². The summed E-state index contributed by atoms with van der Waals surface area (Å²) in [4.78, 5) is 10.4. The highest BCUT2D eigenvalue weighted by Crippen LogP contribution is 2.30. The van der Waals surface area contributed by atoms with Gasteiger partial charge in [0.1, 0.15) is 0 Å². The summed E-state index contributed by atoms with van der Waals surface area (Å²) >= 11 is 14.7. The zero-order valence-corrected chi connectivity index (χ0v) is 9.45. The third-order valence-corrected chi connectivity index (χ3v) is 3.09. The molecular weight excluding hydrogens is 279 g/mol. The molecule has 0 aliphatic heterocycles. The molecule has 0 unspecified atom stereocenters. The van der Waals surface area contributed by atoms with Gasteiger partial charge >= 0.3 is 5.97 Å². The van der Waals surface area contributed by atoms with Crippen molar-refractivity contribution in [2.45, 2.75) is 6.42 Å². The van der Waals surface area contributed by atoms with Gasteiger partial charge in [0, 0.05) is 9.50 Å². The lowest BCUT2D eigenvalue weighted by Gasteiger charge is -2.03. The van der Waals surface area contributed by atoms with Crippen LogP contribution < -0.4 is 0 Å². The lowest BCUT2D eigenvalue weighted by Crippen LogP contribution is -2.00. The summed E-state index contributed by atoms with van der Waals surface area (Å²) in [6, 6.07) is 3.13. The quantitative estimate of drug-likeness (QED) is 0.845. The first kappa shape index (κ1) is 10.8. The molecule has 0 heterocycles. The first-order chi connectivity index (χ1) is 6.00. The molecule has 0 saturated carbocycles. The predicted molar refractivity (Wildman–Crippen MR) is 55.5 cm³/mol. The van der Waals surface area contributed by atoms with Gasteiger partial charge < -0.3 is 5.11 Å². The summed E-state index contributed by atoms with van der Waals surface area (Å²) in [6.45, 7) is 0. The van der Waals surface area contributed by atoms with Gasteiger partial charge in [-0.25, -0.2) is 0 Å². The number of halogens is 3. The van der Waals surface area contributed by atoms with E-state index in [2.05, 4.69) is 15.9 Å². The van der Waals surface area contributed by atoms with Crippen LogP contribution in [0.5, 0.6) is 0 Å². The highest BCUT2D eigenvalue weighted by molar-refractivity contribution is 9.10. The van der Waals surface area contributed by atoms with Crippen molar-refractivity contribution in [3.63, 3.8) is 0 Å². The molecule has 1 rings (SSSR count). The molecular formula is C8H5BrCl2O2. The fourth-order valence-electron chi connectivity index (χ4n) is 0.901. The number of aliphatic carboxylic acids is 1. The molecule has 0 spiro atoms. The maximum Gasteiger partial charge on any atom is 0.307 e. The van der Waals surface area contributed by atoms with E-state index < -0.39 is 5.97 Å². The number of carboxylic acid groups (broad SMARTS) is 1. The van der Waals surface area contributed by atoms with Gasteiger partial charge in [0.05, 0.1) is 11.4 Å². The van der Waals surface area contributed by atoms with Crippen molar-refractivity contribution in [3.8, 4) is 0 Å². The van der Waals surface area contributed by atoms with Crippen molar-refractivity contribution in [3.05, 3.63) is 32.2 Å². The summed E-state index contributed by atoms with van der Waals surface area (Å²) in [5.41, 5.74) is 0.574. The van der Waals surface area contributed by atoms with Crippen LogP contribution in [0.4, 0.5) is 0 Å². The number of benzene rings is 1. The van der Waals surface area contributed by atoms with Gasteiger partial charge in [-0.05, 0) is 33.6 Å². The van der Waals surface area contributed by atoms with Crippen molar-refractivity contribution in [1.82, 2.24) is 0 Å². The van der Waals surface area contributed by atoms with E-state index in [0.29, 0.717) is 20.1 Å². The summed E-state index contributed by atoms with van der Waals surface area (Å²) in [6.07, 6.45) is -0.0964. The lowest BCUT2D eigenvalue weighted by atomic mass is 10.1. The van der Waals surface area contributed by atoms with E-state index in [1.54, 1.807) is 12.1 Å². The van der Waals surface area contributed by atoms with Crippen molar-refractivity contribution in [2.75, 3.05) is 0 Å². The molecule has 1 N–H and O–H groups in total. The Morgan fingerprint density at radius 2 is 2.08 bits per heavy atom. The number of hydrogen-bond acceptors (Lipinski definition) is 1. The first-order valence-electron chi connectivity index (χ1n) is 3.36. The van der Waals surface area contributed by atoms with Crippen LogP contribution in [0.25, 0.3) is 0 Å². The maximum atomic E-state index is 10.4. The molecule has 0 radical (unpaired) electrons. The highest BCUT2D eigenvalue weighted by Gasteiger charge is 2.09. The van der Waals surface area contributed by atoms with Crippen LogP contribution in [0.3, 0.4) is 0 Å². The van der Waals surface area contributed by atoms with E-state index in [-0.39, 0.29) is 6.42 Å². The van der Waals surface area contributed by atoms with Crippen molar-refractivity contribution in [1.29, 1.82) is 0 Å². The van der Waals surface area contributed by atoms with Crippen LogP contribution in [-0.4, -0.2) is 11.1 Å². The van der Waals surface area contributed by atoms with Gasteiger partial charge in [-0.15, -0.1) is 0 Å². The molecule has 0 saturated heterocycles. The fraction of sp³-hybridized carbons (Fsp3) is 0.125. The monoisotopic (exact) mass is 282 g/mol. The zero-order valence-electron chi connectivity index (χ0n) is 6.35. The maximum absolute atomic E-state index is 10.4. The average molecular weight is 284 g/mol. The van der Waals surface area contributed by atoms with Gasteiger partial charge in [0.15, 0.2) is 0 Å². The Morgan fingerprint density at radius 3 is 2.62 bits per heavy atom. The Labute approximate surface area is 93.6 Å². The fourth-order valence-corrected chi connectivity index (χ4v) is 1.81. The second-order valence-electron chi connectivity index (χ2n) is 2.43. The molecule has 1 aromatic rings. The molecule has 0 bridgehead atoms. The highest BCUT2D eigenvalue weighted by atomic mass is 79.9. The summed E-state index contributed by atoms with van der Waals surface area (Å²) in [5, 5.41) is 9.42. The van der Waals surface area contributed by atoms with Gasteiger partial charge in [-0.3, -0.25) is 4.79 Å². The summed E-state index contributed by atoms with van der Waals surface area (Å²) in [7, 11) is 0. The van der Waals surface area contributed by atoms with Crippen LogP contribution in [0.2, 0.25) is 10.0 Å². The van der Waals surface area contributed by atoms with E-state index >= 15 is 0 Å². The van der Waals surface area contributed by atoms with Gasteiger partial charge in [-0.1, -0.05) is 23.2 Å². The second kappa shape index (κ2) is 4.31.